The number of amides is 1. The molecule has 14 heteroatoms. The lowest BCUT2D eigenvalue weighted by molar-refractivity contribution is -0.359. The highest BCUT2D eigenvalue weighted by Crippen LogP contribution is 2.30. The number of rotatable bonds is 59. The van der Waals surface area contributed by atoms with E-state index < -0.39 is 86.8 Å². The molecule has 2 aliphatic heterocycles. The topological polar surface area (TPSA) is 228 Å². The Morgan fingerprint density at radius 3 is 1.15 bits per heavy atom. The fraction of sp³-hybridized carbons (Fsp3) is 0.731. The molecular weight excluding hydrogens is 1160 g/mol. The van der Waals surface area contributed by atoms with Crippen LogP contribution in [0.15, 0.2) is 122 Å². The number of hydrogen-bond acceptors (Lipinski definition) is 13. The Morgan fingerprint density at radius 1 is 0.402 bits per heavy atom. The summed E-state index contributed by atoms with van der Waals surface area (Å²) in [5.74, 6) is -0.273. The summed E-state index contributed by atoms with van der Waals surface area (Å²) in [5.41, 5.74) is 0. The first kappa shape index (κ1) is 84.5. The van der Waals surface area contributed by atoms with Crippen LogP contribution in [0.5, 0.6) is 0 Å². The molecule has 0 aromatic heterocycles. The van der Waals surface area contributed by atoms with Gasteiger partial charge in [-0.1, -0.05) is 296 Å². The van der Waals surface area contributed by atoms with E-state index in [0.29, 0.717) is 6.42 Å². The first-order valence-electron chi connectivity index (χ1n) is 36.8. The summed E-state index contributed by atoms with van der Waals surface area (Å²) in [6, 6.07) is -0.944. The van der Waals surface area contributed by atoms with Crippen molar-refractivity contribution in [3.8, 4) is 0 Å². The lowest BCUT2D eigenvalue weighted by Crippen LogP contribution is -2.65. The Morgan fingerprint density at radius 2 is 0.750 bits per heavy atom. The number of allylic oxidation sites excluding steroid dienone is 19. The summed E-state index contributed by atoms with van der Waals surface area (Å²) in [7, 11) is 0. The SMILES string of the molecule is CC/C=C\C/C=C\C/C=C\C/C=C\C/C=C\C/C=C\C/C=C\C/C=C\C/C=C\CCCCCC(=O)NC(COC1OC(CO)C(OC2OC(CO)C(O)C(O)C2O)C(O)C1O)C(O)/C=C/CCCCCCCCCCCCCCCCCCCCCCCCCCC. The van der Waals surface area contributed by atoms with E-state index in [0.717, 1.165) is 96.3 Å². The Kier molecular flexibility index (Phi) is 56.0. The van der Waals surface area contributed by atoms with Crippen molar-refractivity contribution in [2.45, 2.75) is 344 Å². The quantitative estimate of drug-likeness (QED) is 0.0204. The van der Waals surface area contributed by atoms with E-state index in [-0.39, 0.29) is 18.9 Å². The molecule has 0 aromatic rings. The van der Waals surface area contributed by atoms with E-state index in [1.54, 1.807) is 6.08 Å². The lowest BCUT2D eigenvalue weighted by Gasteiger charge is -2.46. The van der Waals surface area contributed by atoms with Crippen LogP contribution in [-0.2, 0) is 23.7 Å². The number of carbonyl (C=O) groups is 1. The molecule has 2 saturated heterocycles. The maximum atomic E-state index is 13.3. The zero-order valence-corrected chi connectivity index (χ0v) is 57.5. The summed E-state index contributed by atoms with van der Waals surface area (Å²) in [6.07, 6.45) is 72.5. The highest BCUT2D eigenvalue weighted by atomic mass is 16.7. The molecule has 528 valence electrons. The third-order valence-corrected chi connectivity index (χ3v) is 17.2. The minimum atomic E-state index is -1.80. The average molecular weight is 1290 g/mol. The van der Waals surface area contributed by atoms with Gasteiger partial charge in [-0.05, 0) is 89.9 Å². The van der Waals surface area contributed by atoms with Crippen LogP contribution >= 0.6 is 0 Å². The zero-order chi connectivity index (χ0) is 66.6. The van der Waals surface area contributed by atoms with Gasteiger partial charge in [0.2, 0.25) is 5.91 Å². The van der Waals surface area contributed by atoms with E-state index in [4.69, 9.17) is 18.9 Å². The van der Waals surface area contributed by atoms with Crippen LogP contribution in [0, 0.1) is 0 Å². The minimum Gasteiger partial charge on any atom is -0.394 e. The maximum Gasteiger partial charge on any atom is 0.220 e. The molecule has 92 heavy (non-hydrogen) atoms. The standard InChI is InChI=1S/C78H133NO13/c1-3-5-7-9-11-13-15-17-19-21-23-25-27-29-31-32-33-34-36-38-40-42-44-46-48-50-52-54-56-58-60-62-70(83)79-66(65-89-77-75(88)73(86)76(69(64-81)91-77)92-78-74(87)72(85)71(84)68(63-80)90-78)67(82)61-59-57-55-53-51-49-47-45-43-41-39-37-35-30-28-26-24-22-20-18-16-14-12-10-8-6-4-2/h5,7,11,13,17,19,23,25,29,31,33-34,38,40,44,46,50,52,59,61,66-69,71-78,80-82,84-88H,3-4,6,8-10,12,14-16,18,20-22,24,26-28,30,32,35-37,39,41-43,45,47-49,51,53-58,60,62-65H2,1-2H3,(H,79,83)/b7-5-,13-11-,19-17-,25-23-,31-29-,34-33-,40-38-,46-44-,52-50-,61-59+. The predicted octanol–water partition coefficient (Wildman–Crippen LogP) is 15.7. The summed E-state index contributed by atoms with van der Waals surface area (Å²) < 4.78 is 22.9. The minimum absolute atomic E-state index is 0.234. The van der Waals surface area contributed by atoms with Gasteiger partial charge in [-0.15, -0.1) is 0 Å². The van der Waals surface area contributed by atoms with E-state index >= 15 is 0 Å². The molecule has 9 N–H and O–H groups in total. The Hall–Kier alpha value is -3.61. The van der Waals surface area contributed by atoms with Crippen LogP contribution in [0.2, 0.25) is 0 Å². The van der Waals surface area contributed by atoms with Crippen LogP contribution in [0.1, 0.15) is 271 Å². The monoisotopic (exact) mass is 1290 g/mol. The smallest absolute Gasteiger partial charge is 0.220 e. The average Bonchev–Trinajstić information content (AvgIpc) is 0.844. The zero-order valence-electron chi connectivity index (χ0n) is 57.5. The first-order valence-corrected chi connectivity index (χ1v) is 36.8. The van der Waals surface area contributed by atoms with E-state index in [9.17, 15) is 45.6 Å². The molecule has 2 heterocycles. The summed E-state index contributed by atoms with van der Waals surface area (Å²) >= 11 is 0. The molecule has 12 atom stereocenters. The van der Waals surface area contributed by atoms with Crippen molar-refractivity contribution in [2.24, 2.45) is 0 Å². The largest absolute Gasteiger partial charge is 0.394 e. The molecule has 0 aromatic carbocycles. The number of hydrogen-bond donors (Lipinski definition) is 9. The summed E-state index contributed by atoms with van der Waals surface area (Å²) in [5, 5.41) is 87.5. The van der Waals surface area contributed by atoms with Gasteiger partial charge in [-0.25, -0.2) is 0 Å². The fourth-order valence-corrected chi connectivity index (χ4v) is 11.3. The number of nitrogens with one attached hydrogen (secondary N) is 1. The highest BCUT2D eigenvalue weighted by Gasteiger charge is 2.51. The molecule has 0 spiro atoms. The Balaban J connectivity index is 1.71. The molecule has 14 nitrogen and oxygen atoms in total. The Labute approximate surface area is 558 Å². The van der Waals surface area contributed by atoms with E-state index in [1.807, 2.05) is 6.08 Å². The van der Waals surface area contributed by atoms with Crippen molar-refractivity contribution in [1.82, 2.24) is 5.32 Å². The number of ether oxygens (including phenoxy) is 4. The molecule has 0 bridgehead atoms. The highest BCUT2D eigenvalue weighted by molar-refractivity contribution is 5.76. The second kappa shape index (κ2) is 61.0. The second-order valence-corrected chi connectivity index (χ2v) is 25.3. The van der Waals surface area contributed by atoms with Gasteiger partial charge in [0.15, 0.2) is 12.6 Å². The normalized spacial score (nSPS) is 23.4. The molecule has 12 unspecified atom stereocenters. The van der Waals surface area contributed by atoms with Gasteiger partial charge < -0.3 is 65.1 Å². The number of unbranched alkanes of at least 4 members (excludes halogenated alkanes) is 28. The molecule has 2 aliphatic rings. The number of aliphatic hydroxyl groups excluding tert-OH is 8. The van der Waals surface area contributed by atoms with Gasteiger partial charge in [0.05, 0.1) is 32.0 Å². The molecule has 0 aliphatic carbocycles. The molecule has 0 saturated carbocycles. The van der Waals surface area contributed by atoms with Crippen molar-refractivity contribution < 1.29 is 64.6 Å². The lowest BCUT2D eigenvalue weighted by atomic mass is 9.97. The molecule has 2 fully saturated rings. The van der Waals surface area contributed by atoms with Gasteiger partial charge in [-0.3, -0.25) is 4.79 Å². The van der Waals surface area contributed by atoms with Gasteiger partial charge in [0.1, 0.15) is 48.8 Å². The van der Waals surface area contributed by atoms with Crippen LogP contribution in [0.4, 0.5) is 0 Å². The van der Waals surface area contributed by atoms with Gasteiger partial charge >= 0.3 is 0 Å². The van der Waals surface area contributed by atoms with E-state index in [2.05, 4.69) is 129 Å². The fourth-order valence-electron chi connectivity index (χ4n) is 11.3. The first-order chi connectivity index (χ1) is 45.1. The summed E-state index contributed by atoms with van der Waals surface area (Å²) in [4.78, 5) is 13.3. The second-order valence-electron chi connectivity index (χ2n) is 25.3. The van der Waals surface area contributed by atoms with Gasteiger partial charge in [-0.2, -0.15) is 0 Å². The molecular formula is C78H133NO13. The molecule has 0 radical (unpaired) electrons. The van der Waals surface area contributed by atoms with Gasteiger partial charge in [0, 0.05) is 6.42 Å². The maximum absolute atomic E-state index is 13.3. The predicted molar refractivity (Wildman–Crippen MR) is 378 cm³/mol. The van der Waals surface area contributed by atoms with Crippen molar-refractivity contribution in [2.75, 3.05) is 19.8 Å². The van der Waals surface area contributed by atoms with Gasteiger partial charge in [0.25, 0.3) is 0 Å². The van der Waals surface area contributed by atoms with Crippen molar-refractivity contribution >= 4 is 5.91 Å². The third-order valence-electron chi connectivity index (χ3n) is 17.2. The van der Waals surface area contributed by atoms with Crippen molar-refractivity contribution in [1.29, 1.82) is 0 Å². The van der Waals surface area contributed by atoms with Crippen LogP contribution in [0.25, 0.3) is 0 Å². The Bertz CT molecular complexity index is 2010. The molecule has 1 amide bonds. The van der Waals surface area contributed by atoms with E-state index in [1.165, 1.54) is 148 Å². The van der Waals surface area contributed by atoms with Crippen LogP contribution < -0.4 is 5.32 Å². The third kappa shape index (κ3) is 44.2. The number of aliphatic hydroxyl groups is 8. The van der Waals surface area contributed by atoms with Crippen molar-refractivity contribution in [3.05, 3.63) is 122 Å². The summed E-state index contributed by atoms with van der Waals surface area (Å²) in [6.45, 7) is 2.68. The van der Waals surface area contributed by atoms with Crippen LogP contribution in [0.3, 0.4) is 0 Å². The van der Waals surface area contributed by atoms with Crippen molar-refractivity contribution in [3.63, 3.8) is 0 Å². The molecule has 2 rings (SSSR count). The van der Waals surface area contributed by atoms with Crippen LogP contribution in [-0.4, -0.2) is 140 Å². The number of carbonyl (C=O) groups excluding carboxylic acids is 1.